The maximum Gasteiger partial charge on any atom is 0.323 e. The van der Waals surface area contributed by atoms with Crippen LogP contribution in [0.3, 0.4) is 0 Å². The van der Waals surface area contributed by atoms with Crippen LogP contribution in [0.25, 0.3) is 0 Å². The quantitative estimate of drug-likeness (QED) is 0.633. The van der Waals surface area contributed by atoms with Crippen molar-refractivity contribution in [3.8, 4) is 0 Å². The fourth-order valence-electron chi connectivity index (χ4n) is 2.56. The maximum atomic E-state index is 11.9. The zero-order chi connectivity index (χ0) is 16.1. The molecule has 0 heterocycles. The average Bonchev–Trinajstić information content (AvgIpc) is 3.01. The molecule has 1 aromatic rings. The molecule has 0 atom stereocenters. The first-order valence-electron chi connectivity index (χ1n) is 7.15. The Bertz CT molecular complexity index is 610. The van der Waals surface area contributed by atoms with Crippen LogP contribution >= 0.6 is 11.6 Å². The second kappa shape index (κ2) is 7.26. The van der Waals surface area contributed by atoms with Crippen LogP contribution in [0, 0.1) is 16.0 Å². The van der Waals surface area contributed by atoms with Gasteiger partial charge in [-0.25, -0.2) is 4.79 Å². The molecule has 0 spiro atoms. The van der Waals surface area contributed by atoms with Crippen LogP contribution in [-0.4, -0.2) is 11.0 Å². The zero-order valence-corrected chi connectivity index (χ0v) is 13.0. The number of nitrogens with zero attached hydrogens (tertiary/aromatic N) is 1. The number of allylic oxidation sites excluding steroid dienone is 1. The number of halogens is 1. The smallest absolute Gasteiger partial charge is 0.314 e. The molecule has 1 fully saturated rings. The van der Waals surface area contributed by atoms with Crippen molar-refractivity contribution in [1.82, 2.24) is 5.32 Å². The predicted octanol–water partition coefficient (Wildman–Crippen LogP) is 4.46. The Morgan fingerprint density at radius 2 is 2.09 bits per heavy atom. The lowest BCUT2D eigenvalue weighted by molar-refractivity contribution is -0.384. The highest BCUT2D eigenvalue weighted by Crippen LogP contribution is 2.30. The van der Waals surface area contributed by atoms with Gasteiger partial charge in [-0.2, -0.15) is 0 Å². The van der Waals surface area contributed by atoms with E-state index >= 15 is 0 Å². The molecule has 0 aromatic heterocycles. The van der Waals surface area contributed by atoms with Crippen LogP contribution in [0.15, 0.2) is 30.0 Å². The van der Waals surface area contributed by atoms with Crippen molar-refractivity contribution in [2.24, 2.45) is 5.92 Å². The number of nitro groups is 1. The van der Waals surface area contributed by atoms with E-state index in [0.717, 1.165) is 18.4 Å². The van der Waals surface area contributed by atoms with Crippen molar-refractivity contribution >= 4 is 29.0 Å². The summed E-state index contributed by atoms with van der Waals surface area (Å²) in [6, 6.07) is 3.43. The number of rotatable bonds is 4. The Kier molecular flexibility index (Phi) is 5.38. The van der Waals surface area contributed by atoms with Crippen LogP contribution in [0.1, 0.15) is 32.6 Å². The van der Waals surface area contributed by atoms with Crippen molar-refractivity contribution in [3.63, 3.8) is 0 Å². The van der Waals surface area contributed by atoms with Gasteiger partial charge < -0.3 is 10.6 Å². The predicted molar refractivity (Wildman–Crippen MR) is 86.0 cm³/mol. The first-order chi connectivity index (χ1) is 10.5. The van der Waals surface area contributed by atoms with Gasteiger partial charge in [-0.1, -0.05) is 30.0 Å². The highest BCUT2D eigenvalue weighted by molar-refractivity contribution is 6.33. The highest BCUT2D eigenvalue weighted by Gasteiger charge is 2.16. The molecule has 1 saturated carbocycles. The molecule has 0 aliphatic heterocycles. The van der Waals surface area contributed by atoms with Gasteiger partial charge in [0, 0.05) is 18.3 Å². The Hall–Kier alpha value is -2.08. The monoisotopic (exact) mass is 323 g/mol. The number of nitro benzene ring substituents is 1. The van der Waals surface area contributed by atoms with Crippen molar-refractivity contribution < 1.29 is 9.72 Å². The molecule has 2 N–H and O–H groups in total. The first-order valence-corrected chi connectivity index (χ1v) is 7.53. The zero-order valence-electron chi connectivity index (χ0n) is 12.3. The van der Waals surface area contributed by atoms with E-state index in [1.165, 1.54) is 31.0 Å². The van der Waals surface area contributed by atoms with Crippen molar-refractivity contribution in [2.75, 3.05) is 5.32 Å². The van der Waals surface area contributed by atoms with Crippen molar-refractivity contribution in [1.29, 1.82) is 0 Å². The molecule has 0 saturated heterocycles. The van der Waals surface area contributed by atoms with Crippen LogP contribution < -0.4 is 10.6 Å². The van der Waals surface area contributed by atoms with Gasteiger partial charge in [0.05, 0.1) is 15.6 Å². The minimum atomic E-state index is -0.538. The molecule has 7 heteroatoms. The van der Waals surface area contributed by atoms with Gasteiger partial charge in [-0.05, 0) is 31.7 Å². The lowest BCUT2D eigenvalue weighted by Crippen LogP contribution is -2.25. The summed E-state index contributed by atoms with van der Waals surface area (Å²) in [7, 11) is 0. The minimum absolute atomic E-state index is 0.127. The number of carbonyl (C=O) groups is 1. The van der Waals surface area contributed by atoms with E-state index < -0.39 is 11.0 Å². The van der Waals surface area contributed by atoms with Crippen LogP contribution in [0.2, 0.25) is 5.02 Å². The molecule has 2 amide bonds. The topological polar surface area (TPSA) is 84.3 Å². The molecule has 118 valence electrons. The van der Waals surface area contributed by atoms with Crippen LogP contribution in [0.4, 0.5) is 16.2 Å². The molecule has 1 aliphatic carbocycles. The van der Waals surface area contributed by atoms with E-state index in [4.69, 9.17) is 11.6 Å². The summed E-state index contributed by atoms with van der Waals surface area (Å²) < 4.78 is 0. The summed E-state index contributed by atoms with van der Waals surface area (Å²) in [4.78, 5) is 22.1. The molecule has 0 unspecified atom stereocenters. The molecule has 1 aromatic carbocycles. The summed E-state index contributed by atoms with van der Waals surface area (Å²) in [5, 5.41) is 16.1. The summed E-state index contributed by atoms with van der Waals surface area (Å²) in [5.41, 5.74) is 1.22. The fraction of sp³-hybridized carbons (Fsp3) is 0.400. The number of amides is 2. The number of benzene rings is 1. The number of nitrogens with one attached hydrogen (secondary N) is 2. The average molecular weight is 324 g/mol. The number of urea groups is 1. The van der Waals surface area contributed by atoms with Gasteiger partial charge in [0.15, 0.2) is 0 Å². The SMILES string of the molecule is C/C(=C\NC(=O)Nc1cc([N+](=O)[O-])ccc1Cl)C1CCCC1. The summed E-state index contributed by atoms with van der Waals surface area (Å²) in [5.74, 6) is 0.529. The van der Waals surface area contributed by atoms with E-state index in [1.54, 1.807) is 6.20 Å². The Morgan fingerprint density at radius 3 is 2.73 bits per heavy atom. The third kappa shape index (κ3) is 4.21. The molecule has 6 nitrogen and oxygen atoms in total. The number of hydrogen-bond acceptors (Lipinski definition) is 3. The van der Waals surface area contributed by atoms with Crippen molar-refractivity contribution in [3.05, 3.63) is 45.1 Å². The largest absolute Gasteiger partial charge is 0.323 e. The van der Waals surface area contributed by atoms with E-state index in [0.29, 0.717) is 5.92 Å². The van der Waals surface area contributed by atoms with Gasteiger partial charge in [0.1, 0.15) is 0 Å². The van der Waals surface area contributed by atoms with Crippen molar-refractivity contribution in [2.45, 2.75) is 32.6 Å². The summed E-state index contributed by atoms with van der Waals surface area (Å²) in [6.07, 6.45) is 6.46. The molecule has 0 bridgehead atoms. The van der Waals surface area contributed by atoms with Crippen LogP contribution in [-0.2, 0) is 0 Å². The Labute approximate surface area is 133 Å². The Balaban J connectivity index is 1.98. The molecule has 2 rings (SSSR count). The number of anilines is 1. The maximum absolute atomic E-state index is 11.9. The van der Waals surface area contributed by atoms with Gasteiger partial charge in [0.2, 0.25) is 0 Å². The van der Waals surface area contributed by atoms with E-state index in [9.17, 15) is 14.9 Å². The van der Waals surface area contributed by atoms with Gasteiger partial charge in [-0.3, -0.25) is 10.1 Å². The van der Waals surface area contributed by atoms with Crippen LogP contribution in [0.5, 0.6) is 0 Å². The standard InChI is InChI=1S/C15H18ClN3O3/c1-10(11-4-2-3-5-11)9-17-15(20)18-14-8-12(19(21)22)6-7-13(14)16/h6-9,11H,2-5H2,1H3,(H2,17,18,20)/b10-9+. The second-order valence-corrected chi connectivity index (χ2v) is 5.80. The lowest BCUT2D eigenvalue weighted by Gasteiger charge is -2.11. The number of non-ortho nitro benzene ring substituents is 1. The Morgan fingerprint density at radius 1 is 1.41 bits per heavy atom. The van der Waals surface area contributed by atoms with E-state index in [-0.39, 0.29) is 16.4 Å². The number of carbonyl (C=O) groups excluding carboxylic acids is 1. The van der Waals surface area contributed by atoms with E-state index in [1.807, 2.05) is 6.92 Å². The molecule has 0 radical (unpaired) electrons. The second-order valence-electron chi connectivity index (χ2n) is 5.39. The molecule has 22 heavy (non-hydrogen) atoms. The summed E-state index contributed by atoms with van der Waals surface area (Å²) in [6.45, 7) is 2.00. The first kappa shape index (κ1) is 16.3. The normalized spacial score (nSPS) is 15.6. The van der Waals surface area contributed by atoms with Gasteiger partial charge >= 0.3 is 6.03 Å². The van der Waals surface area contributed by atoms with E-state index in [2.05, 4.69) is 10.6 Å². The lowest BCUT2D eigenvalue weighted by atomic mass is 10.0. The molecular formula is C15H18ClN3O3. The number of hydrogen-bond donors (Lipinski definition) is 2. The summed E-state index contributed by atoms with van der Waals surface area (Å²) >= 11 is 5.93. The highest BCUT2D eigenvalue weighted by atomic mass is 35.5. The molecular weight excluding hydrogens is 306 g/mol. The van der Waals surface area contributed by atoms with Gasteiger partial charge in [-0.15, -0.1) is 0 Å². The van der Waals surface area contributed by atoms with Gasteiger partial charge in [0.25, 0.3) is 5.69 Å². The minimum Gasteiger partial charge on any atom is -0.314 e. The fourth-order valence-corrected chi connectivity index (χ4v) is 2.72. The molecule has 1 aliphatic rings. The third-order valence-electron chi connectivity index (χ3n) is 3.84. The third-order valence-corrected chi connectivity index (χ3v) is 4.17.